The van der Waals surface area contributed by atoms with Crippen LogP contribution in [0.25, 0.3) is 10.9 Å². The smallest absolute Gasteiger partial charge is 0.317 e. The van der Waals surface area contributed by atoms with E-state index >= 15 is 0 Å². The monoisotopic (exact) mass is 344 g/mol. The second-order valence-corrected chi connectivity index (χ2v) is 6.63. The lowest BCUT2D eigenvalue weighted by Crippen LogP contribution is -2.40. The van der Waals surface area contributed by atoms with Crippen LogP contribution >= 0.6 is 0 Å². The van der Waals surface area contributed by atoms with E-state index in [9.17, 15) is 9.59 Å². The Morgan fingerprint density at radius 2 is 2.12 bits per heavy atom. The summed E-state index contributed by atoms with van der Waals surface area (Å²) in [5.74, 6) is -0.568. The maximum Gasteiger partial charge on any atom is 0.317 e. The summed E-state index contributed by atoms with van der Waals surface area (Å²) in [6, 6.07) is 6.00. The van der Waals surface area contributed by atoms with Gasteiger partial charge >= 0.3 is 5.97 Å². The zero-order valence-electron chi connectivity index (χ0n) is 14.4. The molecular weight excluding hydrogens is 320 g/mol. The van der Waals surface area contributed by atoms with Crippen molar-refractivity contribution in [2.75, 3.05) is 26.2 Å². The Balaban J connectivity index is 1.56. The second-order valence-electron chi connectivity index (χ2n) is 6.63. The fraction of sp³-hybridized carbons (Fsp3) is 0.500. The van der Waals surface area contributed by atoms with Crippen LogP contribution < -0.4 is 5.32 Å². The number of nitrogens with one attached hydrogen (secondary N) is 2. The molecular formula is C18H24N4O3. The van der Waals surface area contributed by atoms with Crippen molar-refractivity contribution in [1.82, 2.24) is 20.4 Å². The molecule has 0 radical (unpaired) electrons. The number of rotatable bonds is 6. The molecule has 1 amide bonds. The van der Waals surface area contributed by atoms with Crippen molar-refractivity contribution in [3.8, 4) is 0 Å². The number of benzene rings is 1. The molecule has 3 N–H and O–H groups in total. The van der Waals surface area contributed by atoms with Gasteiger partial charge in [-0.1, -0.05) is 13.0 Å². The highest BCUT2D eigenvalue weighted by atomic mass is 16.4. The molecule has 1 aliphatic rings. The third-order valence-electron chi connectivity index (χ3n) is 4.87. The lowest BCUT2D eigenvalue weighted by atomic mass is 9.96. The van der Waals surface area contributed by atoms with E-state index in [0.29, 0.717) is 18.2 Å². The Morgan fingerprint density at radius 1 is 1.36 bits per heavy atom. The number of likely N-dealkylation sites (tertiary alicyclic amines) is 1. The van der Waals surface area contributed by atoms with Gasteiger partial charge in [0.1, 0.15) is 0 Å². The molecule has 2 heterocycles. The normalized spacial score (nSPS) is 16.2. The summed E-state index contributed by atoms with van der Waals surface area (Å²) in [6.07, 6.45) is 2.71. The first-order valence-electron chi connectivity index (χ1n) is 8.76. The number of carboxylic acids is 1. The Kier molecular flexibility index (Phi) is 5.33. The Morgan fingerprint density at radius 3 is 2.80 bits per heavy atom. The minimum atomic E-state index is -0.788. The molecule has 1 aromatic carbocycles. The van der Waals surface area contributed by atoms with Crippen molar-refractivity contribution in [3.63, 3.8) is 0 Å². The predicted octanol–water partition coefficient (Wildman–Crippen LogP) is 1.65. The molecule has 1 aromatic heterocycles. The van der Waals surface area contributed by atoms with Crippen molar-refractivity contribution < 1.29 is 14.7 Å². The molecule has 25 heavy (non-hydrogen) atoms. The number of nitrogens with zero attached hydrogens (tertiary/aromatic N) is 2. The van der Waals surface area contributed by atoms with Crippen molar-refractivity contribution in [1.29, 1.82) is 0 Å². The minimum Gasteiger partial charge on any atom is -0.480 e. The molecule has 0 spiro atoms. The number of carbonyl (C=O) groups is 2. The van der Waals surface area contributed by atoms with E-state index in [-0.39, 0.29) is 12.5 Å². The van der Waals surface area contributed by atoms with Crippen LogP contribution in [0.3, 0.4) is 0 Å². The van der Waals surface area contributed by atoms with Gasteiger partial charge in [-0.25, -0.2) is 0 Å². The molecule has 1 aliphatic heterocycles. The summed E-state index contributed by atoms with van der Waals surface area (Å²) < 4.78 is 0. The summed E-state index contributed by atoms with van der Waals surface area (Å²) in [5, 5.41) is 19.7. The number of H-pyrrole nitrogens is 1. The number of carboxylic acid groups (broad SMARTS) is 1. The molecule has 2 aromatic rings. The second kappa shape index (κ2) is 7.65. The number of hydrogen-bond donors (Lipinski definition) is 3. The van der Waals surface area contributed by atoms with Crippen LogP contribution in [0.4, 0.5) is 0 Å². The number of amides is 1. The zero-order valence-corrected chi connectivity index (χ0v) is 14.4. The third kappa shape index (κ3) is 4.17. The van der Waals surface area contributed by atoms with Gasteiger partial charge in [-0.05, 0) is 56.0 Å². The lowest BCUT2D eigenvalue weighted by Gasteiger charge is -2.30. The minimum absolute atomic E-state index is 0.0953. The van der Waals surface area contributed by atoms with E-state index in [1.54, 1.807) is 0 Å². The summed E-state index contributed by atoms with van der Waals surface area (Å²) in [6.45, 7) is 4.30. The first-order valence-corrected chi connectivity index (χ1v) is 8.76. The molecule has 7 heteroatoms. The fourth-order valence-corrected chi connectivity index (χ4v) is 3.31. The molecule has 3 rings (SSSR count). The van der Waals surface area contributed by atoms with Gasteiger partial charge in [0.05, 0.1) is 12.1 Å². The molecule has 0 atom stereocenters. The highest BCUT2D eigenvalue weighted by Gasteiger charge is 2.22. The lowest BCUT2D eigenvalue weighted by molar-refractivity contribution is -0.138. The molecule has 0 saturated carbocycles. The van der Waals surface area contributed by atoms with Crippen LogP contribution in [-0.2, 0) is 11.2 Å². The molecule has 0 unspecified atom stereocenters. The maximum atomic E-state index is 12.5. The number of carbonyl (C=O) groups excluding carboxylic acids is 1. The zero-order chi connectivity index (χ0) is 17.8. The molecule has 134 valence electrons. The van der Waals surface area contributed by atoms with E-state index in [0.717, 1.165) is 43.3 Å². The average Bonchev–Trinajstić information content (AvgIpc) is 3.03. The SMILES string of the molecule is CCc1ccc2[nH]nc(C(=O)NCC3CCN(CC(=O)O)CC3)c2c1. The number of fused-ring (bicyclic) bond motifs is 1. The predicted molar refractivity (Wildman–Crippen MR) is 94.6 cm³/mol. The number of aryl methyl sites for hydroxylation is 1. The number of piperidine rings is 1. The van der Waals surface area contributed by atoms with Gasteiger partial charge in [-0.2, -0.15) is 5.10 Å². The van der Waals surface area contributed by atoms with E-state index in [4.69, 9.17) is 5.11 Å². The Hall–Kier alpha value is -2.41. The number of aromatic nitrogens is 2. The van der Waals surface area contributed by atoms with Gasteiger partial charge in [0.15, 0.2) is 5.69 Å². The summed E-state index contributed by atoms with van der Waals surface area (Å²) in [4.78, 5) is 25.2. The molecule has 7 nitrogen and oxygen atoms in total. The van der Waals surface area contributed by atoms with Crippen LogP contribution in [0.15, 0.2) is 18.2 Å². The van der Waals surface area contributed by atoms with Crippen LogP contribution in [0, 0.1) is 5.92 Å². The average molecular weight is 344 g/mol. The van der Waals surface area contributed by atoms with Crippen molar-refractivity contribution in [3.05, 3.63) is 29.5 Å². The number of aliphatic carboxylic acids is 1. The van der Waals surface area contributed by atoms with Crippen molar-refractivity contribution in [2.24, 2.45) is 5.92 Å². The third-order valence-corrected chi connectivity index (χ3v) is 4.87. The van der Waals surface area contributed by atoms with E-state index in [2.05, 4.69) is 22.4 Å². The fourth-order valence-electron chi connectivity index (χ4n) is 3.31. The van der Waals surface area contributed by atoms with Crippen LogP contribution in [0.2, 0.25) is 0 Å². The van der Waals surface area contributed by atoms with E-state index < -0.39 is 5.97 Å². The highest BCUT2D eigenvalue weighted by Crippen LogP contribution is 2.19. The van der Waals surface area contributed by atoms with E-state index in [1.807, 2.05) is 23.1 Å². The maximum absolute atomic E-state index is 12.5. The van der Waals surface area contributed by atoms with Gasteiger partial charge in [0.2, 0.25) is 0 Å². The molecule has 1 saturated heterocycles. The molecule has 0 aliphatic carbocycles. The van der Waals surface area contributed by atoms with Gasteiger partial charge in [-0.3, -0.25) is 19.6 Å². The van der Waals surface area contributed by atoms with Gasteiger partial charge in [0.25, 0.3) is 5.91 Å². The van der Waals surface area contributed by atoms with Crippen molar-refractivity contribution in [2.45, 2.75) is 26.2 Å². The summed E-state index contributed by atoms with van der Waals surface area (Å²) >= 11 is 0. The van der Waals surface area contributed by atoms with Gasteiger partial charge in [-0.15, -0.1) is 0 Å². The highest BCUT2D eigenvalue weighted by molar-refractivity contribution is 6.04. The Bertz CT molecular complexity index is 763. The number of hydrogen-bond acceptors (Lipinski definition) is 4. The number of aromatic amines is 1. The van der Waals surface area contributed by atoms with Gasteiger partial charge < -0.3 is 10.4 Å². The van der Waals surface area contributed by atoms with Crippen LogP contribution in [-0.4, -0.2) is 58.3 Å². The summed E-state index contributed by atoms with van der Waals surface area (Å²) in [5.41, 5.74) is 2.48. The Labute approximate surface area is 146 Å². The van der Waals surface area contributed by atoms with Crippen LogP contribution in [0.5, 0.6) is 0 Å². The van der Waals surface area contributed by atoms with Gasteiger partial charge in [0, 0.05) is 11.9 Å². The first kappa shape index (κ1) is 17.4. The standard InChI is InChI=1S/C18H24N4O3/c1-2-12-3-4-15-14(9-12)17(21-20-15)18(25)19-10-13-5-7-22(8-6-13)11-16(23)24/h3-4,9,13H,2,5-8,10-11H2,1H3,(H,19,25)(H,20,21)(H,23,24). The summed E-state index contributed by atoms with van der Waals surface area (Å²) in [7, 11) is 0. The molecule has 0 bridgehead atoms. The quantitative estimate of drug-likeness (QED) is 0.740. The molecule has 1 fully saturated rings. The largest absolute Gasteiger partial charge is 0.480 e. The first-order chi connectivity index (χ1) is 12.1. The topological polar surface area (TPSA) is 98.3 Å². The van der Waals surface area contributed by atoms with E-state index in [1.165, 1.54) is 5.56 Å². The van der Waals surface area contributed by atoms with Crippen molar-refractivity contribution >= 4 is 22.8 Å². The van der Waals surface area contributed by atoms with Crippen LogP contribution in [0.1, 0.15) is 35.8 Å².